The molecule has 2 aromatic rings. The monoisotopic (exact) mass is 525 g/mol. The van der Waals surface area contributed by atoms with Crippen LogP contribution in [0.2, 0.25) is 0 Å². The number of amidine groups is 1. The molecule has 2 fully saturated rings. The molecule has 4 aliphatic heterocycles. The van der Waals surface area contributed by atoms with Gasteiger partial charge in [-0.1, -0.05) is 0 Å². The van der Waals surface area contributed by atoms with E-state index in [-0.39, 0.29) is 27.9 Å². The predicted molar refractivity (Wildman–Crippen MR) is 131 cm³/mol. The molecule has 1 unspecified atom stereocenters. The van der Waals surface area contributed by atoms with Crippen molar-refractivity contribution in [3.8, 4) is 0 Å². The Balaban J connectivity index is 1.24. The Labute approximate surface area is 215 Å². The number of piperidine rings is 1. The number of hydrogen-bond donors (Lipinski definition) is 3. The van der Waals surface area contributed by atoms with Crippen molar-refractivity contribution in [2.75, 3.05) is 11.9 Å². The van der Waals surface area contributed by atoms with Crippen molar-refractivity contribution < 1.29 is 27.4 Å². The number of nitrogens with two attached hydrogens (primary N) is 1. The van der Waals surface area contributed by atoms with E-state index < -0.39 is 17.8 Å². The van der Waals surface area contributed by atoms with Gasteiger partial charge in [-0.3, -0.25) is 19.9 Å². The summed E-state index contributed by atoms with van der Waals surface area (Å²) in [5.41, 5.74) is 1.36. The van der Waals surface area contributed by atoms with E-state index in [1.165, 1.54) is 0 Å². The number of halogens is 3. The number of benzene rings is 1. The van der Waals surface area contributed by atoms with Crippen LogP contribution in [-0.4, -0.2) is 55.9 Å². The van der Waals surface area contributed by atoms with Crippen molar-refractivity contribution >= 4 is 29.8 Å². The molecule has 2 amide bonds. The van der Waals surface area contributed by atoms with Gasteiger partial charge < -0.3 is 9.88 Å². The Morgan fingerprint density at radius 1 is 1.18 bits per heavy atom. The topological polar surface area (TPSA) is 129 Å². The summed E-state index contributed by atoms with van der Waals surface area (Å²) in [5, 5.41) is 2.33. The summed E-state index contributed by atoms with van der Waals surface area (Å²) in [4.78, 5) is 41.7. The summed E-state index contributed by atoms with van der Waals surface area (Å²) < 4.78 is 38.2. The van der Waals surface area contributed by atoms with E-state index >= 15 is 0 Å². The maximum absolute atomic E-state index is 12.8. The molecule has 10 nitrogen and oxygen atoms in total. The van der Waals surface area contributed by atoms with E-state index in [0.29, 0.717) is 36.6 Å². The second-order valence-electron chi connectivity index (χ2n) is 9.75. The number of H-pyrrole nitrogens is 1. The minimum Gasteiger partial charge on any atom is -0.339 e. The van der Waals surface area contributed by atoms with Crippen LogP contribution in [0.4, 0.5) is 19.1 Å². The summed E-state index contributed by atoms with van der Waals surface area (Å²) in [6, 6.07) is 6.75. The normalized spacial score (nSPS) is 26.5. The van der Waals surface area contributed by atoms with Gasteiger partial charge in [0.05, 0.1) is 24.2 Å². The lowest BCUT2D eigenvalue weighted by atomic mass is 9.90. The average molecular weight is 526 g/mol. The Kier molecular flexibility index (Phi) is 5.58. The highest BCUT2D eigenvalue weighted by Gasteiger charge is 2.48. The molecule has 13 heteroatoms. The lowest BCUT2D eigenvalue weighted by molar-refractivity contribution is -0.750. The molecule has 0 radical (unpaired) electrons. The third-order valence-corrected chi connectivity index (χ3v) is 7.45. The number of anilines is 1. The molecule has 0 saturated carbocycles. The molecule has 3 atom stereocenters. The first-order valence-corrected chi connectivity index (χ1v) is 12.2. The largest absolute Gasteiger partial charge is 0.432 e. The highest BCUT2D eigenvalue weighted by atomic mass is 19.4. The standard InChI is InChI=1S/C25H23F3N8O2/c26-25(27,28)19-12-31-24(32-19)34-23(38)15-3-1-14(2-4-15)22-33-21(18-11-30-9-10-36(18,22)29)16-5-6-17-7-8-20(37)35(17)13-16/h1-4,9-12,16-17H,5-8,13,29H2,(H-,30,31,32,33,34,38)/p+1/t16-,17+,36?/m1/s1. The van der Waals surface area contributed by atoms with Crippen LogP contribution in [0.25, 0.3) is 0 Å². The van der Waals surface area contributed by atoms with E-state index in [4.69, 9.17) is 10.8 Å². The Hall–Kier alpha value is -4.10. The SMILES string of the molecule is N[N+]12C=CN=CC1=C([C@@H]1CC[C@H]3CCC(=O)N3C1)N=C2c1ccc(C(=O)Nc2ncc(C(F)(F)F)[nH]2)cc1. The van der Waals surface area contributed by atoms with Crippen LogP contribution in [0, 0.1) is 5.92 Å². The Bertz CT molecular complexity index is 1440. The first kappa shape index (κ1) is 24.2. The fourth-order valence-corrected chi connectivity index (χ4v) is 5.48. The third kappa shape index (κ3) is 4.03. The van der Waals surface area contributed by atoms with Gasteiger partial charge in [-0.25, -0.2) is 4.98 Å². The van der Waals surface area contributed by atoms with Gasteiger partial charge in [0.1, 0.15) is 17.6 Å². The number of hydrogen-bond acceptors (Lipinski definition) is 6. The molecular formula is C25H24F3N8O2+. The van der Waals surface area contributed by atoms with Gasteiger partial charge in [0, 0.05) is 30.5 Å². The molecule has 2 saturated heterocycles. The van der Waals surface area contributed by atoms with Crippen LogP contribution in [0.3, 0.4) is 0 Å². The Morgan fingerprint density at radius 3 is 2.71 bits per heavy atom. The maximum Gasteiger partial charge on any atom is 0.432 e. The minimum absolute atomic E-state index is 0.0275. The van der Waals surface area contributed by atoms with Crippen molar-refractivity contribution in [2.24, 2.45) is 21.7 Å². The van der Waals surface area contributed by atoms with Crippen LogP contribution < -0.4 is 11.2 Å². The van der Waals surface area contributed by atoms with Gasteiger partial charge in [0.15, 0.2) is 0 Å². The zero-order chi connectivity index (χ0) is 26.7. The number of imidazole rings is 1. The van der Waals surface area contributed by atoms with Crippen LogP contribution in [-0.2, 0) is 11.0 Å². The lowest BCUT2D eigenvalue weighted by Crippen LogP contribution is -2.53. The number of amides is 2. The number of aromatic amines is 1. The molecule has 1 aromatic carbocycles. The molecule has 5 heterocycles. The number of aromatic nitrogens is 2. The molecule has 0 spiro atoms. The number of fused-ring (bicyclic) bond motifs is 2. The summed E-state index contributed by atoms with van der Waals surface area (Å²) >= 11 is 0. The van der Waals surface area contributed by atoms with Gasteiger partial charge in [-0.2, -0.15) is 24.0 Å². The van der Waals surface area contributed by atoms with E-state index in [1.54, 1.807) is 42.9 Å². The molecular weight excluding hydrogens is 501 g/mol. The third-order valence-electron chi connectivity index (χ3n) is 7.45. The van der Waals surface area contributed by atoms with Crippen molar-refractivity contribution in [1.82, 2.24) is 14.9 Å². The van der Waals surface area contributed by atoms with Crippen LogP contribution in [0.1, 0.15) is 47.3 Å². The van der Waals surface area contributed by atoms with Crippen molar-refractivity contribution in [1.29, 1.82) is 0 Å². The Morgan fingerprint density at radius 2 is 1.97 bits per heavy atom. The summed E-state index contributed by atoms with van der Waals surface area (Å²) in [7, 11) is 0. The highest BCUT2D eigenvalue weighted by molar-refractivity contribution is 6.05. The molecule has 0 bridgehead atoms. The van der Waals surface area contributed by atoms with E-state index in [2.05, 4.69) is 15.3 Å². The molecule has 1 aromatic heterocycles. The fraction of sp³-hybridized carbons (Fsp3) is 0.320. The number of nitrogens with one attached hydrogen (secondary N) is 2. The summed E-state index contributed by atoms with van der Waals surface area (Å²) in [6.45, 7) is 0.596. The van der Waals surface area contributed by atoms with Crippen LogP contribution in [0.5, 0.6) is 0 Å². The van der Waals surface area contributed by atoms with Crippen molar-refractivity contribution in [2.45, 2.75) is 37.9 Å². The van der Waals surface area contributed by atoms with Gasteiger partial charge in [0.2, 0.25) is 17.6 Å². The number of rotatable bonds is 4. The van der Waals surface area contributed by atoms with E-state index in [1.807, 2.05) is 9.88 Å². The number of nitrogens with zero attached hydrogens (tertiary/aromatic N) is 5. The molecule has 6 rings (SSSR count). The zero-order valence-electron chi connectivity index (χ0n) is 20.1. The number of carbonyl (C=O) groups is 2. The molecule has 0 aliphatic carbocycles. The average Bonchev–Trinajstić information content (AvgIpc) is 3.59. The fourth-order valence-electron chi connectivity index (χ4n) is 5.48. The van der Waals surface area contributed by atoms with Gasteiger partial charge in [0.25, 0.3) is 11.7 Å². The second kappa shape index (κ2) is 8.74. The minimum atomic E-state index is -4.59. The lowest BCUT2D eigenvalue weighted by Gasteiger charge is -2.35. The summed E-state index contributed by atoms with van der Waals surface area (Å²) in [5.74, 6) is 6.63. The molecule has 38 heavy (non-hydrogen) atoms. The quantitative estimate of drug-likeness (QED) is 0.418. The number of carbonyl (C=O) groups excluding carboxylic acids is 2. The number of allylic oxidation sites excluding steroid dienone is 1. The second-order valence-corrected chi connectivity index (χ2v) is 9.75. The molecule has 4 N–H and O–H groups in total. The molecule has 196 valence electrons. The van der Waals surface area contributed by atoms with Crippen LogP contribution in [0.15, 0.2) is 64.2 Å². The maximum atomic E-state index is 12.8. The molecule has 4 aliphatic rings. The van der Waals surface area contributed by atoms with Crippen LogP contribution >= 0.6 is 0 Å². The van der Waals surface area contributed by atoms with Crippen molar-refractivity contribution in [3.05, 3.63) is 71.1 Å². The number of quaternary nitrogens is 1. The highest BCUT2D eigenvalue weighted by Crippen LogP contribution is 2.40. The zero-order valence-corrected chi connectivity index (χ0v) is 20.1. The van der Waals surface area contributed by atoms with Gasteiger partial charge in [-0.15, -0.1) is 4.59 Å². The summed E-state index contributed by atoms with van der Waals surface area (Å²) in [6.07, 6.45) is 4.34. The smallest absolute Gasteiger partial charge is 0.339 e. The van der Waals surface area contributed by atoms with E-state index in [0.717, 1.165) is 30.7 Å². The van der Waals surface area contributed by atoms with Gasteiger partial charge >= 0.3 is 6.18 Å². The number of alkyl halides is 3. The number of aliphatic imine (C=N–C) groups is 2. The predicted octanol–water partition coefficient (Wildman–Crippen LogP) is 3.30. The van der Waals surface area contributed by atoms with E-state index in [9.17, 15) is 22.8 Å². The first-order chi connectivity index (χ1) is 18.1. The van der Waals surface area contributed by atoms with Crippen molar-refractivity contribution in [3.63, 3.8) is 0 Å². The first-order valence-electron chi connectivity index (χ1n) is 12.2. The van der Waals surface area contributed by atoms with Gasteiger partial charge in [-0.05, 0) is 43.5 Å².